The van der Waals surface area contributed by atoms with Crippen LogP contribution in [0.4, 0.5) is 0 Å². The standard InChI is InChI=1S/C21H39NO3S/c1-2-3-4-5-6-7-8-9-10-11-12-13-14-15-16-17-20(23)25-21(24)19(22)18-26/h9-10,19,26H,2-8,11-18,22H2,1H3/t19-/m0/s1. The van der Waals surface area contributed by atoms with Crippen LogP contribution in [-0.4, -0.2) is 23.7 Å². The van der Waals surface area contributed by atoms with Crippen molar-refractivity contribution in [3.05, 3.63) is 12.2 Å². The van der Waals surface area contributed by atoms with Crippen LogP contribution in [-0.2, 0) is 14.3 Å². The predicted octanol–water partition coefficient (Wildman–Crippen LogP) is 5.35. The lowest BCUT2D eigenvalue weighted by molar-refractivity contribution is -0.160. The van der Waals surface area contributed by atoms with E-state index >= 15 is 0 Å². The van der Waals surface area contributed by atoms with E-state index in [1.54, 1.807) is 0 Å². The highest BCUT2D eigenvalue weighted by atomic mass is 32.1. The van der Waals surface area contributed by atoms with Gasteiger partial charge in [0.2, 0.25) is 0 Å². The summed E-state index contributed by atoms with van der Waals surface area (Å²) in [6, 6.07) is -0.823. The lowest BCUT2D eigenvalue weighted by Crippen LogP contribution is -2.35. The highest BCUT2D eigenvalue weighted by Gasteiger charge is 2.16. The second kappa shape index (κ2) is 19.0. The molecule has 0 rings (SSSR count). The molecule has 0 aliphatic heterocycles. The Morgan fingerprint density at radius 3 is 1.92 bits per heavy atom. The number of hydrogen-bond donors (Lipinski definition) is 2. The summed E-state index contributed by atoms with van der Waals surface area (Å²) >= 11 is 3.90. The predicted molar refractivity (Wildman–Crippen MR) is 112 cm³/mol. The molecule has 0 radical (unpaired) electrons. The zero-order valence-corrected chi connectivity index (χ0v) is 17.5. The van der Waals surface area contributed by atoms with E-state index in [1.807, 2.05) is 0 Å². The first-order valence-corrected chi connectivity index (χ1v) is 11.0. The van der Waals surface area contributed by atoms with Crippen LogP contribution in [0.3, 0.4) is 0 Å². The van der Waals surface area contributed by atoms with Gasteiger partial charge in [0.1, 0.15) is 6.04 Å². The van der Waals surface area contributed by atoms with Gasteiger partial charge in [-0.15, -0.1) is 0 Å². The normalized spacial score (nSPS) is 12.4. The summed E-state index contributed by atoms with van der Waals surface area (Å²) in [5.41, 5.74) is 5.44. The molecule has 0 aliphatic carbocycles. The summed E-state index contributed by atoms with van der Waals surface area (Å²) < 4.78 is 4.66. The summed E-state index contributed by atoms with van der Waals surface area (Å²) in [6.45, 7) is 2.25. The highest BCUT2D eigenvalue weighted by molar-refractivity contribution is 7.80. The molecule has 0 amide bonds. The van der Waals surface area contributed by atoms with Crippen molar-refractivity contribution < 1.29 is 14.3 Å². The van der Waals surface area contributed by atoms with E-state index in [2.05, 4.69) is 36.4 Å². The third-order valence-corrected chi connectivity index (χ3v) is 4.75. The van der Waals surface area contributed by atoms with Gasteiger partial charge in [-0.1, -0.05) is 70.4 Å². The van der Waals surface area contributed by atoms with E-state index in [0.717, 1.165) is 25.7 Å². The molecule has 0 saturated heterocycles. The molecule has 0 spiro atoms. The fourth-order valence-electron chi connectivity index (χ4n) is 2.65. The first kappa shape index (κ1) is 25.2. The molecule has 1 atom stereocenters. The number of ether oxygens (including phenoxy) is 1. The number of thiol groups is 1. The molecule has 26 heavy (non-hydrogen) atoms. The number of hydrogen-bond acceptors (Lipinski definition) is 5. The van der Waals surface area contributed by atoms with Crippen LogP contribution >= 0.6 is 12.6 Å². The lowest BCUT2D eigenvalue weighted by Gasteiger charge is -2.07. The molecule has 5 heteroatoms. The zero-order chi connectivity index (χ0) is 19.5. The number of carbonyl (C=O) groups excluding carboxylic acids is 2. The largest absolute Gasteiger partial charge is 0.392 e. The number of carbonyl (C=O) groups is 2. The van der Waals surface area contributed by atoms with Gasteiger partial charge < -0.3 is 10.5 Å². The Bertz CT molecular complexity index is 385. The summed E-state index contributed by atoms with van der Waals surface area (Å²) in [4.78, 5) is 22.8. The first-order chi connectivity index (χ1) is 12.6. The summed E-state index contributed by atoms with van der Waals surface area (Å²) in [7, 11) is 0. The van der Waals surface area contributed by atoms with Crippen molar-refractivity contribution in [3.8, 4) is 0 Å². The average molecular weight is 386 g/mol. The fraction of sp³-hybridized carbons (Fsp3) is 0.810. The molecule has 0 fully saturated rings. The zero-order valence-electron chi connectivity index (χ0n) is 16.6. The van der Waals surface area contributed by atoms with Gasteiger partial charge in [-0.05, 0) is 32.1 Å². The Balaban J connectivity index is 3.34. The van der Waals surface area contributed by atoms with E-state index in [-0.39, 0.29) is 12.2 Å². The minimum Gasteiger partial charge on any atom is -0.392 e. The molecule has 152 valence electrons. The molecule has 0 unspecified atom stereocenters. The number of nitrogens with two attached hydrogens (primary N) is 1. The second-order valence-corrected chi connectivity index (χ2v) is 7.28. The minimum absolute atomic E-state index is 0.180. The van der Waals surface area contributed by atoms with Crippen molar-refractivity contribution in [3.63, 3.8) is 0 Å². The molecule has 0 bridgehead atoms. The fourth-order valence-corrected chi connectivity index (χ4v) is 2.80. The Hall–Kier alpha value is -0.810. The van der Waals surface area contributed by atoms with Crippen LogP contribution < -0.4 is 5.73 Å². The molecule has 4 nitrogen and oxygen atoms in total. The molecule has 0 aromatic carbocycles. The Morgan fingerprint density at radius 1 is 0.885 bits per heavy atom. The molecule has 2 N–H and O–H groups in total. The van der Waals surface area contributed by atoms with Crippen molar-refractivity contribution in [2.45, 2.75) is 103 Å². The van der Waals surface area contributed by atoms with E-state index in [1.165, 1.54) is 57.8 Å². The van der Waals surface area contributed by atoms with E-state index < -0.39 is 18.0 Å². The molecular formula is C21H39NO3S. The summed E-state index contributed by atoms with van der Waals surface area (Å²) in [5.74, 6) is -0.984. The third kappa shape index (κ3) is 16.6. The van der Waals surface area contributed by atoms with Crippen LogP contribution in [0.5, 0.6) is 0 Å². The van der Waals surface area contributed by atoms with Crippen LogP contribution in [0.25, 0.3) is 0 Å². The molecule has 0 aromatic heterocycles. The van der Waals surface area contributed by atoms with Gasteiger partial charge in [-0.3, -0.25) is 4.79 Å². The number of unbranched alkanes of at least 4 members (excludes halogenated alkanes) is 11. The lowest BCUT2D eigenvalue weighted by atomic mass is 10.1. The van der Waals surface area contributed by atoms with Crippen LogP contribution in [0, 0.1) is 0 Å². The van der Waals surface area contributed by atoms with Gasteiger partial charge in [0.15, 0.2) is 0 Å². The smallest absolute Gasteiger partial charge is 0.331 e. The maximum absolute atomic E-state index is 11.5. The minimum atomic E-state index is -0.823. The quantitative estimate of drug-likeness (QED) is 0.116. The van der Waals surface area contributed by atoms with Gasteiger partial charge in [0, 0.05) is 12.2 Å². The van der Waals surface area contributed by atoms with Gasteiger partial charge in [-0.25, -0.2) is 4.79 Å². The van der Waals surface area contributed by atoms with Gasteiger partial charge in [0.25, 0.3) is 0 Å². The maximum atomic E-state index is 11.5. The topological polar surface area (TPSA) is 69.4 Å². The van der Waals surface area contributed by atoms with E-state index in [4.69, 9.17) is 5.73 Å². The molecular weight excluding hydrogens is 346 g/mol. The summed E-state index contributed by atoms with van der Waals surface area (Å²) in [6.07, 6.45) is 20.6. The number of allylic oxidation sites excluding steroid dienone is 2. The van der Waals surface area contributed by atoms with Gasteiger partial charge in [0.05, 0.1) is 0 Å². The van der Waals surface area contributed by atoms with Crippen molar-refractivity contribution in [1.29, 1.82) is 0 Å². The first-order valence-electron chi connectivity index (χ1n) is 10.4. The summed E-state index contributed by atoms with van der Waals surface area (Å²) in [5, 5.41) is 0. The van der Waals surface area contributed by atoms with Crippen molar-refractivity contribution >= 4 is 24.6 Å². The van der Waals surface area contributed by atoms with Crippen LogP contribution in [0.2, 0.25) is 0 Å². The van der Waals surface area contributed by atoms with Crippen LogP contribution in [0.15, 0.2) is 12.2 Å². The van der Waals surface area contributed by atoms with Crippen molar-refractivity contribution in [2.75, 3.05) is 5.75 Å². The van der Waals surface area contributed by atoms with Crippen molar-refractivity contribution in [1.82, 2.24) is 0 Å². The average Bonchev–Trinajstić information content (AvgIpc) is 2.64. The molecule has 0 aliphatic rings. The molecule has 0 heterocycles. The Morgan fingerprint density at radius 2 is 1.38 bits per heavy atom. The monoisotopic (exact) mass is 385 g/mol. The van der Waals surface area contributed by atoms with Crippen LogP contribution in [0.1, 0.15) is 96.8 Å². The third-order valence-electron chi connectivity index (χ3n) is 4.36. The molecule has 0 aromatic rings. The SMILES string of the molecule is CCCCCCCCC=CCCCCCCCC(=O)OC(=O)[C@@H](N)CS. The van der Waals surface area contributed by atoms with E-state index in [0.29, 0.717) is 0 Å². The second-order valence-electron chi connectivity index (χ2n) is 6.92. The maximum Gasteiger partial charge on any atom is 0.331 e. The highest BCUT2D eigenvalue weighted by Crippen LogP contribution is 2.10. The van der Waals surface area contributed by atoms with Gasteiger partial charge in [-0.2, -0.15) is 12.6 Å². The Kier molecular flexibility index (Phi) is 18.4. The number of rotatable bonds is 17. The van der Waals surface area contributed by atoms with E-state index in [9.17, 15) is 9.59 Å². The van der Waals surface area contributed by atoms with Crippen molar-refractivity contribution in [2.24, 2.45) is 5.73 Å². The Labute approximate surface area is 165 Å². The number of esters is 2. The molecule has 0 saturated carbocycles. The van der Waals surface area contributed by atoms with Gasteiger partial charge >= 0.3 is 11.9 Å².